The Morgan fingerprint density at radius 2 is 1.89 bits per heavy atom. The summed E-state index contributed by atoms with van der Waals surface area (Å²) in [5.74, 6) is 4.24. The fraction of sp³-hybridized carbons (Fsp3) is 0.667. The minimum absolute atomic E-state index is 1.16. The van der Waals surface area contributed by atoms with E-state index in [-0.39, 0.29) is 0 Å². The Balaban J connectivity index is 4.03. The smallest absolute Gasteiger partial charge is 0.182 e. The maximum atomic E-state index is 11.6. The highest BCUT2D eigenvalue weighted by atomic mass is 19.1. The van der Waals surface area contributed by atoms with Gasteiger partial charge in [0.1, 0.15) is 13.3 Å². The Kier molecular flexibility index (Phi) is 3.18. The quantitative estimate of drug-likeness (QED) is 0.550. The van der Waals surface area contributed by atoms with Crippen LogP contribution in [-0.4, -0.2) is 24.1 Å². The van der Waals surface area contributed by atoms with E-state index >= 15 is 0 Å². The molecule has 0 aliphatic heterocycles. The molecule has 0 atom stereocenters. The van der Waals surface area contributed by atoms with Crippen LogP contribution in [0.3, 0.4) is 0 Å². The molecule has 1 N–H and O–H groups in total. The average molecular weight is 134 g/mol. The van der Waals surface area contributed by atoms with E-state index < -0.39 is 19.0 Å². The summed E-state index contributed by atoms with van der Waals surface area (Å²) in [5, 5.41) is 8.71. The van der Waals surface area contributed by atoms with Gasteiger partial charge in [0.15, 0.2) is 5.60 Å². The highest BCUT2D eigenvalue weighted by molar-refractivity contribution is 5.12. The maximum Gasteiger partial charge on any atom is 0.182 e. The van der Waals surface area contributed by atoms with E-state index in [4.69, 9.17) is 5.11 Å². The standard InChI is InChI=1S/C6H8F2O/c1-2-3-6(9,4-7)5-8/h9H,4-5H2,1H3. The molecule has 0 amide bonds. The molecule has 0 saturated carbocycles. The van der Waals surface area contributed by atoms with E-state index in [0.717, 1.165) is 0 Å². The molecule has 1 nitrogen and oxygen atoms in total. The molecule has 0 aromatic rings. The molecule has 0 saturated heterocycles. The molecule has 0 unspecified atom stereocenters. The summed E-state index contributed by atoms with van der Waals surface area (Å²) < 4.78 is 23.3. The lowest BCUT2D eigenvalue weighted by Gasteiger charge is -2.11. The van der Waals surface area contributed by atoms with Crippen molar-refractivity contribution in [2.75, 3.05) is 13.3 Å². The highest BCUT2D eigenvalue weighted by Crippen LogP contribution is 2.03. The van der Waals surface area contributed by atoms with Crippen molar-refractivity contribution >= 4 is 0 Å². The van der Waals surface area contributed by atoms with Crippen LogP contribution < -0.4 is 0 Å². The van der Waals surface area contributed by atoms with Gasteiger partial charge in [-0.15, -0.1) is 5.92 Å². The summed E-state index contributed by atoms with van der Waals surface area (Å²) in [5.41, 5.74) is -2.06. The largest absolute Gasteiger partial charge is 0.373 e. The Hall–Kier alpha value is -0.620. The number of alkyl halides is 2. The first kappa shape index (κ1) is 8.38. The first-order valence-corrected chi connectivity index (χ1v) is 2.47. The third-order valence-electron chi connectivity index (χ3n) is 0.800. The second-order valence-corrected chi connectivity index (χ2v) is 1.67. The molecule has 0 aliphatic rings. The first-order chi connectivity index (χ1) is 4.18. The Morgan fingerprint density at radius 3 is 2.00 bits per heavy atom. The number of rotatable bonds is 2. The second-order valence-electron chi connectivity index (χ2n) is 1.67. The van der Waals surface area contributed by atoms with Crippen molar-refractivity contribution in [1.82, 2.24) is 0 Å². The highest BCUT2D eigenvalue weighted by Gasteiger charge is 2.23. The van der Waals surface area contributed by atoms with E-state index in [1.165, 1.54) is 6.92 Å². The van der Waals surface area contributed by atoms with Crippen LogP contribution in [0.25, 0.3) is 0 Å². The van der Waals surface area contributed by atoms with E-state index in [9.17, 15) is 8.78 Å². The van der Waals surface area contributed by atoms with Gasteiger partial charge in [-0.25, -0.2) is 8.78 Å². The van der Waals surface area contributed by atoms with E-state index in [1.807, 2.05) is 5.92 Å². The lowest BCUT2D eigenvalue weighted by Crippen LogP contribution is -2.31. The fourth-order valence-corrected chi connectivity index (χ4v) is 0.335. The summed E-state index contributed by atoms with van der Waals surface area (Å²) in [7, 11) is 0. The van der Waals surface area contributed by atoms with Crippen LogP contribution in [0.2, 0.25) is 0 Å². The van der Waals surface area contributed by atoms with Crippen molar-refractivity contribution in [1.29, 1.82) is 0 Å². The van der Waals surface area contributed by atoms with Gasteiger partial charge >= 0.3 is 0 Å². The summed E-state index contributed by atoms with van der Waals surface area (Å²) in [4.78, 5) is 0. The van der Waals surface area contributed by atoms with Crippen LogP contribution in [-0.2, 0) is 0 Å². The lowest BCUT2D eigenvalue weighted by atomic mass is 10.1. The van der Waals surface area contributed by atoms with Gasteiger partial charge in [-0.3, -0.25) is 0 Å². The predicted octanol–water partition coefficient (Wildman–Crippen LogP) is 0.680. The van der Waals surface area contributed by atoms with Crippen LogP contribution in [0.1, 0.15) is 6.92 Å². The molecule has 0 spiro atoms. The first-order valence-electron chi connectivity index (χ1n) is 2.47. The van der Waals surface area contributed by atoms with Crippen molar-refractivity contribution in [2.24, 2.45) is 0 Å². The van der Waals surface area contributed by atoms with Crippen LogP contribution in [0.4, 0.5) is 8.78 Å². The zero-order chi connectivity index (χ0) is 7.33. The molecule has 0 fully saturated rings. The molecule has 3 heteroatoms. The molecule has 0 heterocycles. The van der Waals surface area contributed by atoms with Crippen molar-refractivity contribution in [3.8, 4) is 11.8 Å². The minimum atomic E-state index is -2.06. The normalized spacial score (nSPS) is 10.2. The topological polar surface area (TPSA) is 20.2 Å². The van der Waals surface area contributed by atoms with Crippen molar-refractivity contribution < 1.29 is 13.9 Å². The molecular weight excluding hydrogens is 126 g/mol. The molecule has 0 rings (SSSR count). The molecule has 0 bridgehead atoms. The molecule has 9 heavy (non-hydrogen) atoms. The minimum Gasteiger partial charge on any atom is -0.373 e. The Labute approximate surface area is 52.7 Å². The zero-order valence-electron chi connectivity index (χ0n) is 5.12. The van der Waals surface area contributed by atoms with Gasteiger partial charge in [-0.1, -0.05) is 5.92 Å². The Bertz CT molecular complexity index is 130. The predicted molar refractivity (Wildman–Crippen MR) is 30.3 cm³/mol. The molecule has 0 radical (unpaired) electrons. The number of hydrogen-bond acceptors (Lipinski definition) is 1. The maximum absolute atomic E-state index is 11.6. The summed E-state index contributed by atoms with van der Waals surface area (Å²) in [6, 6.07) is 0. The molecular formula is C6H8F2O. The zero-order valence-corrected chi connectivity index (χ0v) is 5.12. The number of hydrogen-bond donors (Lipinski definition) is 1. The third-order valence-corrected chi connectivity index (χ3v) is 0.800. The second kappa shape index (κ2) is 3.41. The Morgan fingerprint density at radius 1 is 1.44 bits per heavy atom. The number of halogens is 2. The van der Waals surface area contributed by atoms with Crippen LogP contribution in [0, 0.1) is 11.8 Å². The third kappa shape index (κ3) is 2.43. The van der Waals surface area contributed by atoms with E-state index in [0.29, 0.717) is 0 Å². The summed E-state index contributed by atoms with van der Waals surface area (Å²) in [6.07, 6.45) is 0. The molecule has 0 aliphatic carbocycles. The molecule has 0 aromatic heterocycles. The van der Waals surface area contributed by atoms with Gasteiger partial charge in [-0.2, -0.15) is 0 Å². The monoisotopic (exact) mass is 134 g/mol. The summed E-state index contributed by atoms with van der Waals surface area (Å²) >= 11 is 0. The average Bonchev–Trinajstić information content (AvgIpc) is 1.89. The van der Waals surface area contributed by atoms with Gasteiger partial charge < -0.3 is 5.11 Å². The van der Waals surface area contributed by atoms with E-state index in [1.54, 1.807) is 0 Å². The SMILES string of the molecule is CC#CC(O)(CF)CF. The number of aliphatic hydroxyl groups is 1. The van der Waals surface area contributed by atoms with Crippen molar-refractivity contribution in [3.63, 3.8) is 0 Å². The van der Waals surface area contributed by atoms with Gasteiger partial charge in [0, 0.05) is 0 Å². The van der Waals surface area contributed by atoms with Gasteiger partial charge in [-0.05, 0) is 6.92 Å². The molecule has 52 valence electrons. The van der Waals surface area contributed by atoms with Gasteiger partial charge in [0.25, 0.3) is 0 Å². The van der Waals surface area contributed by atoms with Crippen molar-refractivity contribution in [2.45, 2.75) is 12.5 Å². The van der Waals surface area contributed by atoms with Crippen LogP contribution in [0.15, 0.2) is 0 Å². The lowest BCUT2D eigenvalue weighted by molar-refractivity contribution is 0.0466. The molecule has 0 aromatic carbocycles. The van der Waals surface area contributed by atoms with Gasteiger partial charge in [0.2, 0.25) is 0 Å². The fourth-order valence-electron chi connectivity index (χ4n) is 0.335. The summed E-state index contributed by atoms with van der Waals surface area (Å²) in [6.45, 7) is -0.912. The van der Waals surface area contributed by atoms with Crippen molar-refractivity contribution in [3.05, 3.63) is 0 Å². The van der Waals surface area contributed by atoms with Crippen LogP contribution in [0.5, 0.6) is 0 Å². The van der Waals surface area contributed by atoms with Crippen LogP contribution >= 0.6 is 0 Å². The van der Waals surface area contributed by atoms with E-state index in [2.05, 4.69) is 5.92 Å². The van der Waals surface area contributed by atoms with Gasteiger partial charge in [0.05, 0.1) is 0 Å².